The van der Waals surface area contributed by atoms with Gasteiger partial charge in [-0.25, -0.2) is 0 Å². The van der Waals surface area contributed by atoms with Crippen molar-refractivity contribution < 1.29 is 0 Å². The lowest BCUT2D eigenvalue weighted by Crippen LogP contribution is -1.90. The Labute approximate surface area is 58.5 Å². The molecule has 1 aromatic rings. The summed E-state index contributed by atoms with van der Waals surface area (Å²) in [6, 6.07) is 8.21. The summed E-state index contributed by atoms with van der Waals surface area (Å²) in [5.41, 5.74) is 1.35. The summed E-state index contributed by atoms with van der Waals surface area (Å²) in [5.74, 6) is 0. The summed E-state index contributed by atoms with van der Waals surface area (Å²) in [6.45, 7) is 2.14. The number of rotatable bonds is 1. The molecule has 0 nitrogen and oxygen atoms in total. The number of hydrogen-bond acceptors (Lipinski definition) is 0. The summed E-state index contributed by atoms with van der Waals surface area (Å²) in [4.78, 5) is 0. The van der Waals surface area contributed by atoms with Crippen LogP contribution in [0, 0.1) is 0 Å². The van der Waals surface area contributed by atoms with Crippen LogP contribution >= 0.6 is 9.24 Å². The molecular weight excluding hydrogens is 127 g/mol. The molecule has 0 aliphatic rings. The molecule has 0 amide bonds. The Morgan fingerprint density at radius 2 is 2.22 bits per heavy atom. The van der Waals surface area contributed by atoms with Gasteiger partial charge in [-0.1, -0.05) is 24.6 Å². The van der Waals surface area contributed by atoms with Crippen molar-refractivity contribution in [3.63, 3.8) is 0 Å². The van der Waals surface area contributed by atoms with Crippen molar-refractivity contribution in [1.29, 1.82) is 0 Å². The zero-order chi connectivity index (χ0) is 6.69. The second kappa shape index (κ2) is 2.98. The van der Waals surface area contributed by atoms with Gasteiger partial charge in [-0.3, -0.25) is 0 Å². The van der Waals surface area contributed by atoms with Gasteiger partial charge in [-0.15, -0.1) is 12.1 Å². The van der Waals surface area contributed by atoms with E-state index in [-0.39, 0.29) is 0 Å². The molecular formula is C8H9P-2. The Balaban J connectivity index is 2.94. The molecule has 1 heteroatoms. The Hall–Kier alpha value is -0.350. The van der Waals surface area contributed by atoms with Gasteiger partial charge in [0.1, 0.15) is 0 Å². The average molecular weight is 136 g/mol. The minimum absolute atomic E-state index is 1.05. The smallest absolute Gasteiger partial charge is 0.0309 e. The van der Waals surface area contributed by atoms with Gasteiger partial charge in [0.2, 0.25) is 0 Å². The first-order chi connectivity index (χ1) is 4.33. The summed E-state index contributed by atoms with van der Waals surface area (Å²) in [6.07, 6.45) is 1.09. The van der Waals surface area contributed by atoms with Crippen molar-refractivity contribution in [1.82, 2.24) is 0 Å². The zero-order valence-corrected chi connectivity index (χ0v) is 6.36. The van der Waals surface area contributed by atoms with Crippen LogP contribution in [0.3, 0.4) is 0 Å². The summed E-state index contributed by atoms with van der Waals surface area (Å²) < 4.78 is 0. The van der Waals surface area contributed by atoms with Crippen molar-refractivity contribution in [3.8, 4) is 0 Å². The molecule has 0 bridgehead atoms. The Bertz CT molecular complexity index is 194. The minimum Gasteiger partial charge on any atom is -1.45 e. The van der Waals surface area contributed by atoms with E-state index >= 15 is 0 Å². The van der Waals surface area contributed by atoms with E-state index in [0.717, 1.165) is 11.7 Å². The number of hydrogen-bond donors (Lipinski definition) is 0. The monoisotopic (exact) mass is 136 g/mol. The highest BCUT2D eigenvalue weighted by atomic mass is 31.0. The van der Waals surface area contributed by atoms with Crippen LogP contribution in [0.1, 0.15) is 12.5 Å². The molecule has 0 saturated carbocycles. The molecule has 1 aromatic carbocycles. The second-order valence-electron chi connectivity index (χ2n) is 2.02. The molecule has 0 aromatic heterocycles. The van der Waals surface area contributed by atoms with Crippen LogP contribution < -0.4 is 5.30 Å². The van der Waals surface area contributed by atoms with Crippen LogP contribution in [-0.4, -0.2) is 0 Å². The Kier molecular flexibility index (Phi) is 2.24. The third-order valence-electron chi connectivity index (χ3n) is 1.32. The molecule has 48 valence electrons. The van der Waals surface area contributed by atoms with E-state index in [4.69, 9.17) is 0 Å². The largest absolute Gasteiger partial charge is 1.45 e. The molecule has 0 fully saturated rings. The zero-order valence-electron chi connectivity index (χ0n) is 5.46. The minimum atomic E-state index is 1.05. The fourth-order valence-corrected chi connectivity index (χ4v) is 1.03. The lowest BCUT2D eigenvalue weighted by molar-refractivity contribution is 1.14. The van der Waals surface area contributed by atoms with Crippen LogP contribution in [-0.2, 0) is 6.42 Å². The fraction of sp³-hybridized carbons (Fsp3) is 0.250. The molecule has 0 radical (unpaired) electrons. The lowest BCUT2D eigenvalue weighted by Gasteiger charge is -2.33. The molecule has 9 heavy (non-hydrogen) atoms. The summed E-state index contributed by atoms with van der Waals surface area (Å²) in [7, 11) is 4.21. The van der Waals surface area contributed by atoms with Crippen LogP contribution in [0.25, 0.3) is 0 Å². The summed E-state index contributed by atoms with van der Waals surface area (Å²) >= 11 is 0. The third kappa shape index (κ3) is 1.80. The Morgan fingerprint density at radius 3 is 2.67 bits per heavy atom. The molecule has 0 aliphatic heterocycles. The first-order valence-electron chi connectivity index (χ1n) is 3.11. The van der Waals surface area contributed by atoms with E-state index in [1.165, 1.54) is 5.56 Å². The van der Waals surface area contributed by atoms with E-state index in [9.17, 15) is 0 Å². The quantitative estimate of drug-likeness (QED) is 0.519. The van der Waals surface area contributed by atoms with E-state index in [2.05, 4.69) is 28.3 Å². The van der Waals surface area contributed by atoms with Gasteiger partial charge in [-0.2, -0.15) is 0 Å². The van der Waals surface area contributed by atoms with E-state index in [0.29, 0.717) is 0 Å². The van der Waals surface area contributed by atoms with E-state index < -0.39 is 0 Å². The molecule has 0 spiro atoms. The molecule has 0 unspecified atom stereocenters. The van der Waals surface area contributed by atoms with Crippen LogP contribution in [0.5, 0.6) is 0 Å². The highest BCUT2D eigenvalue weighted by molar-refractivity contribution is 7.27. The van der Waals surface area contributed by atoms with Crippen molar-refractivity contribution in [2.75, 3.05) is 0 Å². The molecule has 0 saturated heterocycles. The van der Waals surface area contributed by atoms with Crippen LogP contribution in [0.2, 0.25) is 0 Å². The van der Waals surface area contributed by atoms with Gasteiger partial charge in [0.05, 0.1) is 0 Å². The highest BCUT2D eigenvalue weighted by Gasteiger charge is 1.78. The van der Waals surface area contributed by atoms with Gasteiger partial charge in [0.15, 0.2) is 0 Å². The third-order valence-corrected chi connectivity index (χ3v) is 1.60. The van der Waals surface area contributed by atoms with Crippen LogP contribution in [0.15, 0.2) is 24.3 Å². The topological polar surface area (TPSA) is 0 Å². The number of benzene rings is 1. The maximum atomic E-state index is 4.21. The highest BCUT2D eigenvalue weighted by Crippen LogP contribution is 1.98. The maximum absolute atomic E-state index is 4.21. The molecule has 0 heterocycles. The maximum Gasteiger partial charge on any atom is -0.0309 e. The molecule has 1 rings (SSSR count). The summed E-state index contributed by atoms with van der Waals surface area (Å²) in [5, 5.41) is 1.05. The van der Waals surface area contributed by atoms with Gasteiger partial charge in [0.25, 0.3) is 0 Å². The molecule has 0 N–H and O–H groups in total. The molecule has 0 aliphatic carbocycles. The van der Waals surface area contributed by atoms with E-state index in [1.54, 1.807) is 0 Å². The van der Waals surface area contributed by atoms with Crippen molar-refractivity contribution >= 4 is 14.5 Å². The van der Waals surface area contributed by atoms with E-state index in [1.807, 2.05) is 12.1 Å². The predicted octanol–water partition coefficient (Wildman–Crippen LogP) is 2.28. The standard InChI is InChI=1S/C8H9P/c1-2-7-4-3-5-8(9)6-7/h3-6H,2H2,1H3/q-2. The fourth-order valence-electron chi connectivity index (χ4n) is 0.776. The number of aryl methyl sites for hydroxylation is 1. The molecule has 0 atom stereocenters. The van der Waals surface area contributed by atoms with Crippen molar-refractivity contribution in [2.24, 2.45) is 0 Å². The lowest BCUT2D eigenvalue weighted by atomic mass is 10.2. The Morgan fingerprint density at radius 1 is 1.44 bits per heavy atom. The first kappa shape index (κ1) is 6.77. The van der Waals surface area contributed by atoms with Crippen LogP contribution in [0.4, 0.5) is 0 Å². The van der Waals surface area contributed by atoms with Crippen molar-refractivity contribution in [3.05, 3.63) is 29.8 Å². The SMILES string of the molecule is CCc1cccc([P-2])c1. The second-order valence-corrected chi connectivity index (χ2v) is 2.54. The van der Waals surface area contributed by atoms with Gasteiger partial charge >= 0.3 is 0 Å². The van der Waals surface area contributed by atoms with Gasteiger partial charge in [0, 0.05) is 0 Å². The van der Waals surface area contributed by atoms with Crippen molar-refractivity contribution in [2.45, 2.75) is 13.3 Å². The normalized spacial score (nSPS) is 9.56. The predicted molar refractivity (Wildman–Crippen MR) is 42.4 cm³/mol. The van der Waals surface area contributed by atoms with Gasteiger partial charge < -0.3 is 14.5 Å². The average Bonchev–Trinajstić information content (AvgIpc) is 1.88. The van der Waals surface area contributed by atoms with Gasteiger partial charge in [-0.05, 0) is 6.42 Å². The first-order valence-corrected chi connectivity index (χ1v) is 3.55.